The SMILES string of the molecule is CC1CN(C(=O)Nc2ccc3c(c2)CCC3)CC1C(=O)O. The van der Waals surface area contributed by atoms with E-state index >= 15 is 0 Å². The van der Waals surface area contributed by atoms with E-state index < -0.39 is 11.9 Å². The van der Waals surface area contributed by atoms with E-state index in [4.69, 9.17) is 5.11 Å². The van der Waals surface area contributed by atoms with E-state index in [-0.39, 0.29) is 18.5 Å². The molecule has 1 heterocycles. The summed E-state index contributed by atoms with van der Waals surface area (Å²) < 4.78 is 0. The van der Waals surface area contributed by atoms with Crippen LogP contribution in [0.15, 0.2) is 18.2 Å². The summed E-state index contributed by atoms with van der Waals surface area (Å²) in [6, 6.07) is 5.83. The molecule has 2 aliphatic rings. The van der Waals surface area contributed by atoms with E-state index in [1.165, 1.54) is 17.5 Å². The lowest BCUT2D eigenvalue weighted by Gasteiger charge is -2.17. The van der Waals surface area contributed by atoms with Gasteiger partial charge in [0.25, 0.3) is 0 Å². The molecule has 1 fully saturated rings. The average Bonchev–Trinajstić information content (AvgIpc) is 3.04. The zero-order valence-corrected chi connectivity index (χ0v) is 12.1. The van der Waals surface area contributed by atoms with Gasteiger partial charge in [-0.2, -0.15) is 0 Å². The molecule has 2 N–H and O–H groups in total. The Kier molecular flexibility index (Phi) is 3.57. The van der Waals surface area contributed by atoms with Gasteiger partial charge in [-0.25, -0.2) is 4.79 Å². The van der Waals surface area contributed by atoms with E-state index in [2.05, 4.69) is 11.4 Å². The van der Waals surface area contributed by atoms with Crippen LogP contribution in [-0.2, 0) is 17.6 Å². The van der Waals surface area contributed by atoms with E-state index in [9.17, 15) is 9.59 Å². The number of carboxylic acids is 1. The number of carbonyl (C=O) groups excluding carboxylic acids is 1. The number of benzene rings is 1. The number of fused-ring (bicyclic) bond motifs is 1. The van der Waals surface area contributed by atoms with Gasteiger partial charge in [0.15, 0.2) is 0 Å². The Hall–Kier alpha value is -2.04. The van der Waals surface area contributed by atoms with Crippen LogP contribution in [0.5, 0.6) is 0 Å². The van der Waals surface area contributed by atoms with Gasteiger partial charge in [-0.15, -0.1) is 0 Å². The molecule has 5 heteroatoms. The van der Waals surface area contributed by atoms with Crippen molar-refractivity contribution in [2.45, 2.75) is 26.2 Å². The molecule has 3 rings (SSSR count). The first-order valence-electron chi connectivity index (χ1n) is 7.45. The Labute approximate surface area is 123 Å². The number of rotatable bonds is 2. The number of urea groups is 1. The maximum absolute atomic E-state index is 12.3. The van der Waals surface area contributed by atoms with Crippen molar-refractivity contribution < 1.29 is 14.7 Å². The summed E-state index contributed by atoms with van der Waals surface area (Å²) in [6.45, 7) is 2.66. The number of amides is 2. The summed E-state index contributed by atoms with van der Waals surface area (Å²) in [7, 11) is 0. The molecule has 1 aromatic carbocycles. The average molecular weight is 288 g/mol. The zero-order chi connectivity index (χ0) is 15.0. The van der Waals surface area contributed by atoms with E-state index in [1.807, 2.05) is 19.1 Å². The molecule has 5 nitrogen and oxygen atoms in total. The minimum absolute atomic E-state index is 0.00623. The van der Waals surface area contributed by atoms with Gasteiger partial charge in [0, 0.05) is 18.8 Å². The molecular weight excluding hydrogens is 268 g/mol. The van der Waals surface area contributed by atoms with Crippen LogP contribution in [0.3, 0.4) is 0 Å². The third kappa shape index (κ3) is 2.73. The quantitative estimate of drug-likeness (QED) is 0.877. The van der Waals surface area contributed by atoms with Crippen molar-refractivity contribution in [2.24, 2.45) is 11.8 Å². The van der Waals surface area contributed by atoms with Gasteiger partial charge < -0.3 is 15.3 Å². The Morgan fingerprint density at radius 1 is 1.24 bits per heavy atom. The maximum Gasteiger partial charge on any atom is 0.321 e. The summed E-state index contributed by atoms with van der Waals surface area (Å²) in [5.74, 6) is -1.29. The first kappa shape index (κ1) is 13.9. The van der Waals surface area contributed by atoms with Gasteiger partial charge in [-0.1, -0.05) is 13.0 Å². The summed E-state index contributed by atoms with van der Waals surface area (Å²) in [4.78, 5) is 25.0. The molecule has 2 amide bonds. The summed E-state index contributed by atoms with van der Waals surface area (Å²) >= 11 is 0. The van der Waals surface area contributed by atoms with Gasteiger partial charge in [-0.05, 0) is 48.4 Å². The molecule has 2 atom stereocenters. The minimum Gasteiger partial charge on any atom is -0.481 e. The van der Waals surface area contributed by atoms with E-state index in [0.717, 1.165) is 18.5 Å². The Balaban J connectivity index is 1.66. The van der Waals surface area contributed by atoms with Crippen molar-refractivity contribution in [3.63, 3.8) is 0 Å². The van der Waals surface area contributed by atoms with Crippen molar-refractivity contribution in [1.29, 1.82) is 0 Å². The highest BCUT2D eigenvalue weighted by atomic mass is 16.4. The van der Waals surface area contributed by atoms with Crippen molar-refractivity contribution in [3.05, 3.63) is 29.3 Å². The van der Waals surface area contributed by atoms with Crippen molar-refractivity contribution in [1.82, 2.24) is 4.90 Å². The minimum atomic E-state index is -0.824. The highest BCUT2D eigenvalue weighted by Gasteiger charge is 2.36. The number of carboxylic acid groups (broad SMARTS) is 1. The summed E-state index contributed by atoms with van der Waals surface area (Å²) in [5.41, 5.74) is 3.48. The lowest BCUT2D eigenvalue weighted by atomic mass is 9.99. The number of nitrogens with one attached hydrogen (secondary N) is 1. The van der Waals surface area contributed by atoms with Crippen molar-refractivity contribution in [3.8, 4) is 0 Å². The third-order valence-corrected chi connectivity index (χ3v) is 4.57. The normalized spacial score (nSPS) is 24.0. The number of aliphatic carboxylic acids is 1. The van der Waals surface area contributed by atoms with Gasteiger partial charge in [0.05, 0.1) is 5.92 Å². The third-order valence-electron chi connectivity index (χ3n) is 4.57. The second kappa shape index (κ2) is 5.39. The first-order chi connectivity index (χ1) is 10.0. The standard InChI is InChI=1S/C16H20N2O3/c1-10-8-18(9-14(10)15(19)20)16(21)17-13-6-5-11-3-2-4-12(11)7-13/h5-7,10,14H,2-4,8-9H2,1H3,(H,17,21)(H,19,20). The van der Waals surface area contributed by atoms with Gasteiger partial charge in [0.2, 0.25) is 0 Å². The smallest absolute Gasteiger partial charge is 0.321 e. The van der Waals surface area contributed by atoms with Crippen LogP contribution in [0, 0.1) is 11.8 Å². The maximum atomic E-state index is 12.3. The molecule has 0 spiro atoms. The van der Waals surface area contributed by atoms with Crippen LogP contribution in [0.2, 0.25) is 0 Å². The number of hydrogen-bond acceptors (Lipinski definition) is 2. The molecule has 0 aromatic heterocycles. The topological polar surface area (TPSA) is 69.6 Å². The summed E-state index contributed by atoms with van der Waals surface area (Å²) in [5, 5.41) is 12.0. The fraction of sp³-hybridized carbons (Fsp3) is 0.500. The van der Waals surface area contributed by atoms with Crippen LogP contribution < -0.4 is 5.32 Å². The number of aryl methyl sites for hydroxylation is 2. The van der Waals surface area contributed by atoms with Gasteiger partial charge >= 0.3 is 12.0 Å². The highest BCUT2D eigenvalue weighted by molar-refractivity contribution is 5.90. The Bertz CT molecular complexity index is 585. The highest BCUT2D eigenvalue weighted by Crippen LogP contribution is 2.26. The lowest BCUT2D eigenvalue weighted by molar-refractivity contribution is -0.142. The molecule has 112 valence electrons. The van der Waals surface area contributed by atoms with Crippen LogP contribution >= 0.6 is 0 Å². The van der Waals surface area contributed by atoms with Crippen molar-refractivity contribution in [2.75, 3.05) is 18.4 Å². The fourth-order valence-electron chi connectivity index (χ4n) is 3.31. The number of likely N-dealkylation sites (tertiary alicyclic amines) is 1. The van der Waals surface area contributed by atoms with Crippen LogP contribution in [0.25, 0.3) is 0 Å². The molecule has 1 aliphatic carbocycles. The second-order valence-electron chi connectivity index (χ2n) is 6.09. The molecular formula is C16H20N2O3. The Morgan fingerprint density at radius 3 is 2.71 bits per heavy atom. The zero-order valence-electron chi connectivity index (χ0n) is 12.1. The van der Waals surface area contributed by atoms with Crippen LogP contribution in [0.4, 0.5) is 10.5 Å². The number of anilines is 1. The molecule has 1 aromatic rings. The van der Waals surface area contributed by atoms with Gasteiger partial charge in [0.1, 0.15) is 0 Å². The number of hydrogen-bond donors (Lipinski definition) is 2. The monoisotopic (exact) mass is 288 g/mol. The predicted molar refractivity (Wildman–Crippen MR) is 79.3 cm³/mol. The molecule has 1 saturated heterocycles. The number of carbonyl (C=O) groups is 2. The predicted octanol–water partition coefficient (Wildman–Crippen LogP) is 2.36. The number of nitrogens with zero attached hydrogens (tertiary/aromatic N) is 1. The van der Waals surface area contributed by atoms with E-state index in [0.29, 0.717) is 6.54 Å². The molecule has 1 aliphatic heterocycles. The lowest BCUT2D eigenvalue weighted by Crippen LogP contribution is -2.33. The fourth-order valence-corrected chi connectivity index (χ4v) is 3.31. The molecule has 0 saturated carbocycles. The molecule has 21 heavy (non-hydrogen) atoms. The Morgan fingerprint density at radius 2 is 2.00 bits per heavy atom. The largest absolute Gasteiger partial charge is 0.481 e. The van der Waals surface area contributed by atoms with Crippen LogP contribution in [0.1, 0.15) is 24.5 Å². The van der Waals surface area contributed by atoms with Crippen LogP contribution in [-0.4, -0.2) is 35.1 Å². The molecule has 0 radical (unpaired) electrons. The molecule has 0 bridgehead atoms. The van der Waals surface area contributed by atoms with Crippen molar-refractivity contribution >= 4 is 17.7 Å². The summed E-state index contributed by atoms with van der Waals surface area (Å²) in [6.07, 6.45) is 3.37. The molecule has 2 unspecified atom stereocenters. The first-order valence-corrected chi connectivity index (χ1v) is 7.45. The van der Waals surface area contributed by atoms with Gasteiger partial charge in [-0.3, -0.25) is 4.79 Å². The second-order valence-corrected chi connectivity index (χ2v) is 6.09. The van der Waals surface area contributed by atoms with E-state index in [1.54, 1.807) is 4.90 Å².